The standard InChI is InChI=1S/C82H71N5/c1-55-43-72(58-29-15-10-16-30-58)80(73(44-55)61-46-60(57-27-13-9-14-28-57)47-62(48-61)81(3,4)5)85-54-84(76-39-25-26-40-77(76)85)66-49-63(82(6,7)8)50-67(51-66)86(64-33-19-12-20-34-64)65-41-42-71-69-36-22-21-35-68(69)70-37-23-24-38-75(70)87(78(71)52-65)79-45-56(2)74(53-83-79)59-31-17-11-18-32-59/h9-53H,54H2,1-8H3/i1D3,2D3,10D,15D,16D,29D,30D. The van der Waals surface area contributed by atoms with Crippen molar-refractivity contribution in [3.63, 3.8) is 0 Å². The molecule has 87 heavy (non-hydrogen) atoms. The van der Waals surface area contributed by atoms with E-state index in [1.165, 1.54) is 6.07 Å². The van der Waals surface area contributed by atoms with Crippen LogP contribution in [0.4, 0.5) is 57.0 Å². The summed E-state index contributed by atoms with van der Waals surface area (Å²) in [5.41, 5.74) is 16.4. The number of aryl methyl sites for hydroxylation is 2. The number of anilines is 10. The smallest absolute Gasteiger partial charge is 0.137 e. The summed E-state index contributed by atoms with van der Waals surface area (Å²) in [5.74, 6) is 0.430. The van der Waals surface area contributed by atoms with Crippen LogP contribution in [0.15, 0.2) is 273 Å². The molecule has 12 aromatic rings. The normalized spacial score (nSPS) is 14.8. The van der Waals surface area contributed by atoms with Gasteiger partial charge in [0.05, 0.1) is 35.3 Å². The first-order valence-corrected chi connectivity index (χ1v) is 29.5. The van der Waals surface area contributed by atoms with Gasteiger partial charge in [-0.25, -0.2) is 4.98 Å². The molecule has 0 unspecified atom stereocenters. The van der Waals surface area contributed by atoms with Gasteiger partial charge in [-0.3, -0.25) is 4.90 Å². The monoisotopic (exact) mass is 1140 g/mol. The van der Waals surface area contributed by atoms with E-state index in [1.54, 1.807) is 18.3 Å². The Morgan fingerprint density at radius 1 is 0.402 bits per heavy atom. The molecule has 5 nitrogen and oxygen atoms in total. The lowest BCUT2D eigenvalue weighted by molar-refractivity contribution is 0.590. The molecule has 2 aliphatic rings. The molecule has 14 rings (SSSR count). The van der Waals surface area contributed by atoms with Crippen molar-refractivity contribution in [3.8, 4) is 66.8 Å². The summed E-state index contributed by atoms with van der Waals surface area (Å²) in [4.78, 5) is 13.8. The number of hydrogen-bond donors (Lipinski definition) is 0. The first kappa shape index (κ1) is 43.4. The van der Waals surface area contributed by atoms with E-state index >= 15 is 0 Å². The van der Waals surface area contributed by atoms with E-state index in [9.17, 15) is 2.74 Å². The second-order valence-corrected chi connectivity index (χ2v) is 24.5. The van der Waals surface area contributed by atoms with Crippen molar-refractivity contribution >= 4 is 57.0 Å². The van der Waals surface area contributed by atoms with Crippen molar-refractivity contribution in [1.29, 1.82) is 0 Å². The summed E-state index contributed by atoms with van der Waals surface area (Å²) in [7, 11) is 0. The molecule has 5 heteroatoms. The predicted octanol–water partition coefficient (Wildman–Crippen LogP) is 22.8. The molecule has 0 bridgehead atoms. The fourth-order valence-corrected chi connectivity index (χ4v) is 12.4. The quantitative estimate of drug-likeness (QED) is 0.136. The molecule has 0 spiro atoms. The third kappa shape index (κ3) is 10.2. The fourth-order valence-electron chi connectivity index (χ4n) is 12.4. The van der Waals surface area contributed by atoms with Gasteiger partial charge in [0, 0.05) is 65.0 Å². The first-order valence-electron chi connectivity index (χ1n) is 35.0. The number of fused-ring (bicyclic) bond motifs is 6. The topological polar surface area (TPSA) is 25.9 Å². The summed E-state index contributed by atoms with van der Waals surface area (Å²) in [5, 5.41) is 0. The lowest BCUT2D eigenvalue weighted by atomic mass is 9.82. The Morgan fingerprint density at radius 3 is 1.64 bits per heavy atom. The zero-order chi connectivity index (χ0) is 68.9. The lowest BCUT2D eigenvalue weighted by Crippen LogP contribution is -2.26. The van der Waals surface area contributed by atoms with E-state index in [0.717, 1.165) is 95.6 Å². The van der Waals surface area contributed by atoms with Crippen LogP contribution in [0.1, 0.15) is 78.9 Å². The number of nitrogens with zero attached hydrogens (tertiary/aromatic N) is 5. The Balaban J connectivity index is 0.997. The van der Waals surface area contributed by atoms with Gasteiger partial charge in [-0.1, -0.05) is 223 Å². The number of hydrogen-bond acceptors (Lipinski definition) is 5. The van der Waals surface area contributed by atoms with Gasteiger partial charge < -0.3 is 14.7 Å². The molecule has 0 saturated heterocycles. The zero-order valence-electron chi connectivity index (χ0n) is 60.5. The van der Waals surface area contributed by atoms with Gasteiger partial charge >= 0.3 is 0 Å². The van der Waals surface area contributed by atoms with E-state index in [-0.39, 0.29) is 34.3 Å². The van der Waals surface area contributed by atoms with Gasteiger partial charge in [-0.2, -0.15) is 0 Å². The van der Waals surface area contributed by atoms with Crippen molar-refractivity contribution in [2.45, 2.75) is 66.1 Å². The molecular formula is C82H71N5. The van der Waals surface area contributed by atoms with Crippen molar-refractivity contribution in [2.75, 3.05) is 26.3 Å². The highest BCUT2D eigenvalue weighted by Crippen LogP contribution is 2.55. The van der Waals surface area contributed by atoms with E-state index in [0.29, 0.717) is 28.2 Å². The maximum absolute atomic E-state index is 9.59. The number of para-hydroxylation sites is 4. The molecule has 0 N–H and O–H groups in total. The average molecular weight is 1140 g/mol. The molecule has 0 amide bonds. The minimum Gasteiger partial charge on any atom is -0.321 e. The molecule has 0 atom stereocenters. The maximum Gasteiger partial charge on any atom is 0.137 e. The molecule has 0 aliphatic carbocycles. The van der Waals surface area contributed by atoms with Crippen LogP contribution in [0, 0.1) is 13.7 Å². The van der Waals surface area contributed by atoms with E-state index < -0.39 is 49.3 Å². The molecular weight excluding hydrogens is 1050 g/mol. The molecule has 0 fully saturated rings. The van der Waals surface area contributed by atoms with Crippen LogP contribution in [-0.2, 0) is 10.8 Å². The summed E-state index contributed by atoms with van der Waals surface area (Å²) in [6, 6.07) is 75.9. The van der Waals surface area contributed by atoms with Gasteiger partial charge in [0.2, 0.25) is 0 Å². The largest absolute Gasteiger partial charge is 0.321 e. The minimum absolute atomic E-state index is 0.0553. The van der Waals surface area contributed by atoms with E-state index in [2.05, 4.69) is 158 Å². The van der Waals surface area contributed by atoms with Crippen molar-refractivity contribution in [2.24, 2.45) is 0 Å². The molecule has 424 valence electrons. The minimum atomic E-state index is -2.69. The molecule has 11 aromatic carbocycles. The summed E-state index contributed by atoms with van der Waals surface area (Å²) < 4.78 is 100. The van der Waals surface area contributed by atoms with Gasteiger partial charge in [-0.05, 0) is 171 Å². The molecule has 0 radical (unpaired) electrons. The Labute approximate surface area is 529 Å². The van der Waals surface area contributed by atoms with Crippen LogP contribution < -0.4 is 19.6 Å². The zero-order valence-corrected chi connectivity index (χ0v) is 49.5. The average Bonchev–Trinajstić information content (AvgIpc) is 1.45. The molecule has 0 saturated carbocycles. The van der Waals surface area contributed by atoms with Gasteiger partial charge in [-0.15, -0.1) is 0 Å². The second-order valence-electron chi connectivity index (χ2n) is 24.5. The summed E-state index contributed by atoms with van der Waals surface area (Å²) in [6.45, 7) is 7.90. The Hall–Kier alpha value is -10.2. The first-order chi connectivity index (χ1) is 46.7. The fraction of sp³-hybridized carbons (Fsp3) is 0.134. The Kier molecular flexibility index (Phi) is 11.0. The van der Waals surface area contributed by atoms with Crippen molar-refractivity contribution in [3.05, 3.63) is 295 Å². The SMILES string of the molecule is [2H]c1c([2H])c([2H])c(-c2cc(C([2H])([2H])[2H])cc(-c3cc(-c4ccccc4)cc(C(C)(C)C)c3)c2N2CN(c3cc(N(c4ccccc4)c4ccc5c(c4)N(c4cc(C([2H])([2H])[2H])c(-c6ccccc6)cn4)c4ccccc4-c4ccccc4-5)cc(C(C)(C)C)c3)c3ccccc32)c([2H])c1[2H]. The van der Waals surface area contributed by atoms with Crippen molar-refractivity contribution < 1.29 is 15.1 Å². The second kappa shape index (κ2) is 22.0. The predicted molar refractivity (Wildman–Crippen MR) is 369 cm³/mol. The van der Waals surface area contributed by atoms with E-state index in [4.69, 9.17) is 17.3 Å². The van der Waals surface area contributed by atoms with Crippen LogP contribution >= 0.6 is 0 Å². The van der Waals surface area contributed by atoms with Crippen LogP contribution in [0.2, 0.25) is 0 Å². The van der Waals surface area contributed by atoms with Gasteiger partial charge in [0.25, 0.3) is 0 Å². The van der Waals surface area contributed by atoms with E-state index in [1.807, 2.05) is 121 Å². The highest BCUT2D eigenvalue weighted by molar-refractivity contribution is 6.04. The summed E-state index contributed by atoms with van der Waals surface area (Å²) in [6.07, 6.45) is 1.68. The number of pyridine rings is 1. The van der Waals surface area contributed by atoms with Crippen LogP contribution in [0.25, 0.3) is 66.8 Å². The summed E-state index contributed by atoms with van der Waals surface area (Å²) >= 11 is 0. The maximum atomic E-state index is 9.59. The third-order valence-corrected chi connectivity index (χ3v) is 16.8. The highest BCUT2D eigenvalue weighted by atomic mass is 15.4. The number of aromatic nitrogens is 1. The number of rotatable bonds is 10. The van der Waals surface area contributed by atoms with Gasteiger partial charge in [0.15, 0.2) is 0 Å². The van der Waals surface area contributed by atoms with Crippen LogP contribution in [0.3, 0.4) is 0 Å². The Morgan fingerprint density at radius 2 is 0.977 bits per heavy atom. The van der Waals surface area contributed by atoms with Crippen molar-refractivity contribution in [1.82, 2.24) is 4.98 Å². The highest BCUT2D eigenvalue weighted by Gasteiger charge is 2.35. The lowest BCUT2D eigenvalue weighted by Gasteiger charge is -2.32. The molecule has 3 heterocycles. The van der Waals surface area contributed by atoms with Crippen LogP contribution in [-0.4, -0.2) is 11.7 Å². The molecule has 1 aromatic heterocycles. The van der Waals surface area contributed by atoms with Gasteiger partial charge in [0.1, 0.15) is 12.5 Å². The Bertz CT molecular complexity index is 5070. The third-order valence-electron chi connectivity index (χ3n) is 16.8. The van der Waals surface area contributed by atoms with Crippen LogP contribution in [0.5, 0.6) is 0 Å². The molecule has 2 aliphatic heterocycles. The number of benzene rings is 11.